The molecule has 2 fully saturated rings. The van der Waals surface area contributed by atoms with Crippen molar-refractivity contribution in [2.45, 2.75) is 44.6 Å². The lowest BCUT2D eigenvalue weighted by molar-refractivity contribution is -0.134. The van der Waals surface area contributed by atoms with Crippen LogP contribution in [-0.4, -0.2) is 41.1 Å². The van der Waals surface area contributed by atoms with E-state index < -0.39 is 0 Å². The normalized spacial score (nSPS) is 19.6. The van der Waals surface area contributed by atoms with E-state index in [1.165, 1.54) is 6.92 Å². The van der Waals surface area contributed by atoms with Crippen molar-refractivity contribution in [3.63, 3.8) is 0 Å². The third-order valence-electron chi connectivity index (χ3n) is 4.97. The van der Waals surface area contributed by atoms with E-state index in [1.54, 1.807) is 24.3 Å². The summed E-state index contributed by atoms with van der Waals surface area (Å²) in [5, 5.41) is 5.58. The fourth-order valence-electron chi connectivity index (χ4n) is 3.60. The lowest BCUT2D eigenvalue weighted by Crippen LogP contribution is -2.60. The molecule has 1 saturated carbocycles. The van der Waals surface area contributed by atoms with E-state index in [1.807, 2.05) is 0 Å². The Morgan fingerprint density at radius 1 is 1.12 bits per heavy atom. The van der Waals surface area contributed by atoms with Crippen LogP contribution < -0.4 is 10.6 Å². The number of anilines is 2. The van der Waals surface area contributed by atoms with Gasteiger partial charge in [0.1, 0.15) is 5.78 Å². The molecule has 24 heavy (non-hydrogen) atoms. The minimum Gasteiger partial charge on any atom is -0.326 e. The Bertz CT molecular complexity index is 650. The first-order chi connectivity index (χ1) is 11.5. The zero-order valence-electron chi connectivity index (χ0n) is 13.9. The molecule has 0 aromatic heterocycles. The van der Waals surface area contributed by atoms with Gasteiger partial charge in [0, 0.05) is 43.2 Å². The van der Waals surface area contributed by atoms with Crippen molar-refractivity contribution in [1.82, 2.24) is 4.90 Å². The summed E-state index contributed by atoms with van der Waals surface area (Å²) in [6.07, 6.45) is 4.29. The average molecular weight is 329 g/mol. The Balaban J connectivity index is 1.57. The number of hydrogen-bond donors (Lipinski definition) is 2. The van der Waals surface area contributed by atoms with Gasteiger partial charge in [0.05, 0.1) is 6.54 Å². The molecule has 1 aliphatic heterocycles. The molecule has 2 N–H and O–H groups in total. The third kappa shape index (κ3) is 3.64. The van der Waals surface area contributed by atoms with Crippen molar-refractivity contribution in [2.75, 3.05) is 23.7 Å². The molecule has 2 aliphatic rings. The molecular formula is C18H23N3O3. The summed E-state index contributed by atoms with van der Waals surface area (Å²) in [6.45, 7) is 2.45. The monoisotopic (exact) mass is 329 g/mol. The summed E-state index contributed by atoms with van der Waals surface area (Å²) in [7, 11) is 0. The summed E-state index contributed by atoms with van der Waals surface area (Å²) in [5.41, 5.74) is 1.33. The van der Waals surface area contributed by atoms with Crippen LogP contribution in [0.5, 0.6) is 0 Å². The maximum atomic E-state index is 12.3. The molecule has 1 aromatic carbocycles. The number of piperidine rings is 1. The van der Waals surface area contributed by atoms with Gasteiger partial charge >= 0.3 is 0 Å². The average Bonchev–Trinajstić information content (AvgIpc) is 2.49. The predicted octanol–water partition coefficient (Wildman–Crippen LogP) is 2.17. The van der Waals surface area contributed by atoms with Gasteiger partial charge in [-0.25, -0.2) is 0 Å². The number of hydrogen-bond acceptors (Lipinski definition) is 4. The van der Waals surface area contributed by atoms with E-state index in [0.717, 1.165) is 19.3 Å². The van der Waals surface area contributed by atoms with Crippen molar-refractivity contribution in [3.05, 3.63) is 24.3 Å². The minimum atomic E-state index is -0.128. The minimum absolute atomic E-state index is 0.0668. The second kappa shape index (κ2) is 6.73. The SMILES string of the molecule is CC(=O)Nc1ccc(NC(=O)CN2CCC(=O)CC23CCC3)cc1. The molecule has 0 atom stereocenters. The molecule has 0 radical (unpaired) electrons. The summed E-state index contributed by atoms with van der Waals surface area (Å²) in [6, 6.07) is 7.04. The fourth-order valence-corrected chi connectivity index (χ4v) is 3.60. The van der Waals surface area contributed by atoms with Crippen LogP contribution in [0.3, 0.4) is 0 Å². The van der Waals surface area contributed by atoms with Crippen LogP contribution in [-0.2, 0) is 14.4 Å². The van der Waals surface area contributed by atoms with Gasteiger partial charge in [0.15, 0.2) is 0 Å². The molecule has 0 bridgehead atoms. The largest absolute Gasteiger partial charge is 0.326 e. The molecule has 2 amide bonds. The van der Waals surface area contributed by atoms with Crippen LogP contribution in [0.25, 0.3) is 0 Å². The van der Waals surface area contributed by atoms with E-state index in [4.69, 9.17) is 0 Å². The Morgan fingerprint density at radius 3 is 2.29 bits per heavy atom. The standard InChI is InChI=1S/C18H23N3O3/c1-13(22)19-14-3-5-15(6-4-14)20-17(24)12-21-10-7-16(23)11-18(21)8-2-9-18/h3-6H,2,7-12H2,1H3,(H,19,22)(H,20,24). The van der Waals surface area contributed by atoms with E-state index >= 15 is 0 Å². The highest BCUT2D eigenvalue weighted by atomic mass is 16.2. The number of ketones is 1. The summed E-state index contributed by atoms with van der Waals surface area (Å²) < 4.78 is 0. The van der Waals surface area contributed by atoms with Crippen molar-refractivity contribution >= 4 is 29.0 Å². The Labute approximate surface area is 141 Å². The molecule has 1 spiro atoms. The molecule has 0 unspecified atom stereocenters. The summed E-state index contributed by atoms with van der Waals surface area (Å²) >= 11 is 0. The Morgan fingerprint density at radius 2 is 1.75 bits per heavy atom. The number of carbonyl (C=O) groups is 3. The Hall–Kier alpha value is -2.21. The maximum Gasteiger partial charge on any atom is 0.238 e. The molecule has 3 rings (SSSR count). The maximum absolute atomic E-state index is 12.3. The van der Waals surface area contributed by atoms with Gasteiger partial charge in [-0.3, -0.25) is 19.3 Å². The van der Waals surface area contributed by atoms with Crippen LogP contribution in [0.4, 0.5) is 11.4 Å². The van der Waals surface area contributed by atoms with Gasteiger partial charge in [-0.2, -0.15) is 0 Å². The lowest BCUT2D eigenvalue weighted by atomic mass is 9.70. The number of likely N-dealkylation sites (tertiary alicyclic amines) is 1. The second-order valence-electron chi connectivity index (χ2n) is 6.77. The smallest absolute Gasteiger partial charge is 0.238 e. The highest BCUT2D eigenvalue weighted by molar-refractivity contribution is 5.93. The highest BCUT2D eigenvalue weighted by Gasteiger charge is 2.46. The van der Waals surface area contributed by atoms with Crippen molar-refractivity contribution in [2.24, 2.45) is 0 Å². The fraction of sp³-hybridized carbons (Fsp3) is 0.500. The van der Waals surface area contributed by atoms with Gasteiger partial charge in [0.2, 0.25) is 11.8 Å². The van der Waals surface area contributed by atoms with Gasteiger partial charge in [-0.15, -0.1) is 0 Å². The first-order valence-corrected chi connectivity index (χ1v) is 8.41. The summed E-state index contributed by atoms with van der Waals surface area (Å²) in [4.78, 5) is 37.3. The van der Waals surface area contributed by atoms with Gasteiger partial charge in [-0.1, -0.05) is 0 Å². The van der Waals surface area contributed by atoms with Crippen LogP contribution in [0.2, 0.25) is 0 Å². The summed E-state index contributed by atoms with van der Waals surface area (Å²) in [5.74, 6) is 0.125. The predicted molar refractivity (Wildman–Crippen MR) is 91.8 cm³/mol. The molecule has 1 aliphatic carbocycles. The number of rotatable bonds is 4. The molecule has 1 aromatic rings. The topological polar surface area (TPSA) is 78.5 Å². The first-order valence-electron chi connectivity index (χ1n) is 8.41. The van der Waals surface area contributed by atoms with E-state index in [0.29, 0.717) is 43.1 Å². The van der Waals surface area contributed by atoms with Crippen LogP contribution in [0.1, 0.15) is 39.0 Å². The number of Topliss-reactive ketones (excluding diaryl/α,β-unsaturated/α-hetero) is 1. The number of nitrogens with one attached hydrogen (secondary N) is 2. The number of carbonyl (C=O) groups excluding carboxylic acids is 3. The second-order valence-corrected chi connectivity index (χ2v) is 6.77. The first kappa shape index (κ1) is 16.6. The zero-order valence-corrected chi connectivity index (χ0v) is 13.9. The van der Waals surface area contributed by atoms with Crippen LogP contribution in [0.15, 0.2) is 24.3 Å². The van der Waals surface area contributed by atoms with Gasteiger partial charge < -0.3 is 10.6 Å². The van der Waals surface area contributed by atoms with Gasteiger partial charge in [-0.05, 0) is 43.5 Å². The van der Waals surface area contributed by atoms with Crippen LogP contribution in [0, 0.1) is 0 Å². The Kier molecular flexibility index (Phi) is 4.66. The van der Waals surface area contributed by atoms with Crippen molar-refractivity contribution < 1.29 is 14.4 Å². The molecule has 128 valence electrons. The molecular weight excluding hydrogens is 306 g/mol. The zero-order chi connectivity index (χ0) is 17.2. The van der Waals surface area contributed by atoms with E-state index in [9.17, 15) is 14.4 Å². The number of amides is 2. The molecule has 1 heterocycles. The van der Waals surface area contributed by atoms with Crippen molar-refractivity contribution in [3.8, 4) is 0 Å². The van der Waals surface area contributed by atoms with E-state index in [-0.39, 0.29) is 17.4 Å². The molecule has 6 heteroatoms. The molecule has 6 nitrogen and oxygen atoms in total. The number of benzene rings is 1. The lowest BCUT2D eigenvalue weighted by Gasteiger charge is -2.52. The third-order valence-corrected chi connectivity index (χ3v) is 4.97. The van der Waals surface area contributed by atoms with E-state index in [2.05, 4.69) is 15.5 Å². The van der Waals surface area contributed by atoms with Crippen molar-refractivity contribution in [1.29, 1.82) is 0 Å². The number of nitrogens with zero attached hydrogens (tertiary/aromatic N) is 1. The van der Waals surface area contributed by atoms with Crippen LogP contribution >= 0.6 is 0 Å². The molecule has 1 saturated heterocycles. The quantitative estimate of drug-likeness (QED) is 0.887. The highest BCUT2D eigenvalue weighted by Crippen LogP contribution is 2.43. The van der Waals surface area contributed by atoms with Gasteiger partial charge in [0.25, 0.3) is 0 Å².